The predicted octanol–water partition coefficient (Wildman–Crippen LogP) is 4.89. The summed E-state index contributed by atoms with van der Waals surface area (Å²) >= 11 is 11.7. The fourth-order valence-corrected chi connectivity index (χ4v) is 1.76. The second-order valence-electron chi connectivity index (χ2n) is 3.22. The van der Waals surface area contributed by atoms with E-state index in [1.165, 1.54) is 0 Å². The Bertz CT molecular complexity index is 325. The van der Waals surface area contributed by atoms with Gasteiger partial charge in [-0.1, -0.05) is 36.5 Å². The molecule has 3 heteroatoms. The normalized spacial score (nSPS) is 11.9. The maximum Gasteiger partial charge on any atom is 0.0658 e. The smallest absolute Gasteiger partial charge is 0.0658 e. The van der Waals surface area contributed by atoms with Gasteiger partial charge in [0.15, 0.2) is 0 Å². The molecule has 0 spiro atoms. The fourth-order valence-electron chi connectivity index (χ4n) is 1.24. The summed E-state index contributed by atoms with van der Waals surface area (Å²) in [5, 5.41) is 1.25. The van der Waals surface area contributed by atoms with E-state index in [2.05, 4.69) is 11.9 Å². The Balaban J connectivity index is 2.90. The van der Waals surface area contributed by atoms with Crippen LogP contribution in [0.5, 0.6) is 0 Å². The summed E-state index contributed by atoms with van der Waals surface area (Å²) in [6.07, 6.45) is 2.10. The number of hydrogen-bond donors (Lipinski definition) is 0. The highest BCUT2D eigenvalue weighted by Gasteiger charge is 1.97. The van der Waals surface area contributed by atoms with E-state index in [0.29, 0.717) is 10.0 Å². The molecule has 76 valence electrons. The van der Waals surface area contributed by atoms with Gasteiger partial charge in [-0.3, -0.25) is 4.99 Å². The second-order valence-corrected chi connectivity index (χ2v) is 4.10. The van der Waals surface area contributed by atoms with Crippen molar-refractivity contribution < 1.29 is 0 Å². The molecule has 0 N–H and O–H groups in total. The SMILES string of the molecule is CCCC(C)=Nc1cc(Cl)cc(Cl)c1. The molecule has 1 nitrogen and oxygen atoms in total. The molecule has 0 amide bonds. The van der Waals surface area contributed by atoms with Crippen LogP contribution in [0.25, 0.3) is 0 Å². The van der Waals surface area contributed by atoms with Gasteiger partial charge in [-0.2, -0.15) is 0 Å². The van der Waals surface area contributed by atoms with Gasteiger partial charge >= 0.3 is 0 Å². The zero-order chi connectivity index (χ0) is 10.6. The highest BCUT2D eigenvalue weighted by atomic mass is 35.5. The van der Waals surface area contributed by atoms with Crippen molar-refractivity contribution >= 4 is 34.6 Å². The standard InChI is InChI=1S/C11H13Cl2N/c1-3-4-8(2)14-11-6-9(12)5-10(13)7-11/h5-7H,3-4H2,1-2H3. The van der Waals surface area contributed by atoms with Gasteiger partial charge in [0.25, 0.3) is 0 Å². The Hall–Kier alpha value is -0.530. The van der Waals surface area contributed by atoms with E-state index in [-0.39, 0.29) is 0 Å². The highest BCUT2D eigenvalue weighted by molar-refractivity contribution is 6.35. The Morgan fingerprint density at radius 3 is 2.29 bits per heavy atom. The summed E-state index contributed by atoms with van der Waals surface area (Å²) in [6, 6.07) is 5.33. The molecule has 0 heterocycles. The van der Waals surface area contributed by atoms with Crippen LogP contribution in [0.1, 0.15) is 26.7 Å². The van der Waals surface area contributed by atoms with Crippen molar-refractivity contribution in [3.8, 4) is 0 Å². The van der Waals surface area contributed by atoms with Crippen LogP contribution in [0.3, 0.4) is 0 Å². The minimum atomic E-state index is 0.626. The van der Waals surface area contributed by atoms with Crippen molar-refractivity contribution in [2.24, 2.45) is 4.99 Å². The molecule has 1 aromatic carbocycles. The zero-order valence-corrected chi connectivity index (χ0v) is 9.86. The van der Waals surface area contributed by atoms with Gasteiger partial charge < -0.3 is 0 Å². The van der Waals surface area contributed by atoms with Crippen molar-refractivity contribution in [2.45, 2.75) is 26.7 Å². The summed E-state index contributed by atoms with van der Waals surface area (Å²) in [6.45, 7) is 4.14. The maximum absolute atomic E-state index is 5.86. The first-order valence-corrected chi connectivity index (χ1v) is 5.37. The van der Waals surface area contributed by atoms with Gasteiger partial charge in [0.05, 0.1) is 5.69 Å². The van der Waals surface area contributed by atoms with Crippen LogP contribution in [0.15, 0.2) is 23.2 Å². The lowest BCUT2D eigenvalue weighted by Gasteiger charge is -2.00. The second kappa shape index (κ2) is 5.38. The number of rotatable bonds is 3. The average Bonchev–Trinajstić information content (AvgIpc) is 2.01. The van der Waals surface area contributed by atoms with Crippen molar-refractivity contribution in [1.82, 2.24) is 0 Å². The summed E-state index contributed by atoms with van der Waals surface area (Å²) in [5.41, 5.74) is 1.93. The average molecular weight is 230 g/mol. The molecule has 0 aromatic heterocycles. The molecule has 1 rings (SSSR count). The lowest BCUT2D eigenvalue weighted by molar-refractivity contribution is 0.988. The Morgan fingerprint density at radius 2 is 1.79 bits per heavy atom. The van der Waals surface area contributed by atoms with Crippen molar-refractivity contribution in [3.05, 3.63) is 28.2 Å². The number of aliphatic imine (C=N–C) groups is 1. The van der Waals surface area contributed by atoms with Crippen LogP contribution in [0, 0.1) is 0 Å². The Kier molecular flexibility index (Phi) is 4.43. The summed E-state index contributed by atoms with van der Waals surface area (Å²) in [7, 11) is 0. The number of nitrogens with zero attached hydrogens (tertiary/aromatic N) is 1. The first kappa shape index (κ1) is 11.5. The highest BCUT2D eigenvalue weighted by Crippen LogP contribution is 2.24. The van der Waals surface area contributed by atoms with Crippen molar-refractivity contribution in [1.29, 1.82) is 0 Å². The quantitative estimate of drug-likeness (QED) is 0.655. The van der Waals surface area contributed by atoms with E-state index in [1.54, 1.807) is 6.07 Å². The molecule has 0 unspecified atom stereocenters. The molecule has 0 atom stereocenters. The van der Waals surface area contributed by atoms with Crippen LogP contribution in [-0.2, 0) is 0 Å². The Labute approximate surface area is 94.8 Å². The minimum absolute atomic E-state index is 0.626. The van der Waals surface area contributed by atoms with E-state index in [9.17, 15) is 0 Å². The molecule has 0 fully saturated rings. The third-order valence-electron chi connectivity index (χ3n) is 1.78. The van der Waals surface area contributed by atoms with Crippen LogP contribution in [0.4, 0.5) is 5.69 Å². The van der Waals surface area contributed by atoms with Gasteiger partial charge in [0, 0.05) is 15.8 Å². The lowest BCUT2D eigenvalue weighted by Crippen LogP contribution is -1.88. The van der Waals surface area contributed by atoms with E-state index in [4.69, 9.17) is 23.2 Å². The molecule has 0 radical (unpaired) electrons. The molecule has 0 aliphatic rings. The van der Waals surface area contributed by atoms with Gasteiger partial charge in [-0.05, 0) is 31.5 Å². The molecule has 0 saturated heterocycles. The lowest BCUT2D eigenvalue weighted by atomic mass is 10.2. The van der Waals surface area contributed by atoms with Crippen molar-refractivity contribution in [3.63, 3.8) is 0 Å². The molecule has 0 aliphatic carbocycles. The summed E-state index contributed by atoms with van der Waals surface area (Å²) in [5.74, 6) is 0. The predicted molar refractivity (Wildman–Crippen MR) is 64.1 cm³/mol. The third kappa shape index (κ3) is 3.69. The van der Waals surface area contributed by atoms with Gasteiger partial charge in [-0.15, -0.1) is 0 Å². The van der Waals surface area contributed by atoms with E-state index < -0.39 is 0 Å². The summed E-state index contributed by atoms with van der Waals surface area (Å²) < 4.78 is 0. The van der Waals surface area contributed by atoms with E-state index in [1.807, 2.05) is 19.1 Å². The van der Waals surface area contributed by atoms with Crippen LogP contribution in [-0.4, -0.2) is 5.71 Å². The van der Waals surface area contributed by atoms with Crippen LogP contribution >= 0.6 is 23.2 Å². The zero-order valence-electron chi connectivity index (χ0n) is 8.35. The van der Waals surface area contributed by atoms with Gasteiger partial charge in [0.2, 0.25) is 0 Å². The molecular weight excluding hydrogens is 217 g/mol. The largest absolute Gasteiger partial charge is 0.258 e. The first-order valence-electron chi connectivity index (χ1n) is 4.62. The third-order valence-corrected chi connectivity index (χ3v) is 2.22. The molecular formula is C11H13Cl2N. The molecule has 0 bridgehead atoms. The number of halogens is 2. The fraction of sp³-hybridized carbons (Fsp3) is 0.364. The number of benzene rings is 1. The van der Waals surface area contributed by atoms with Crippen molar-refractivity contribution in [2.75, 3.05) is 0 Å². The Morgan fingerprint density at radius 1 is 1.21 bits per heavy atom. The van der Waals surface area contributed by atoms with Gasteiger partial charge in [0.1, 0.15) is 0 Å². The van der Waals surface area contributed by atoms with E-state index >= 15 is 0 Å². The van der Waals surface area contributed by atoms with Crippen LogP contribution < -0.4 is 0 Å². The monoisotopic (exact) mass is 229 g/mol. The minimum Gasteiger partial charge on any atom is -0.258 e. The van der Waals surface area contributed by atoms with E-state index in [0.717, 1.165) is 24.2 Å². The van der Waals surface area contributed by atoms with Crippen LogP contribution in [0.2, 0.25) is 10.0 Å². The first-order chi connectivity index (χ1) is 6.61. The summed E-state index contributed by atoms with van der Waals surface area (Å²) in [4.78, 5) is 4.42. The molecule has 0 aliphatic heterocycles. The molecule has 0 saturated carbocycles. The maximum atomic E-state index is 5.86. The molecule has 14 heavy (non-hydrogen) atoms. The molecule has 1 aromatic rings. The van der Waals surface area contributed by atoms with Gasteiger partial charge in [-0.25, -0.2) is 0 Å². The topological polar surface area (TPSA) is 12.4 Å². The number of hydrogen-bond acceptors (Lipinski definition) is 1.